The van der Waals surface area contributed by atoms with Crippen LogP contribution in [-0.2, 0) is 4.74 Å². The van der Waals surface area contributed by atoms with Crippen molar-refractivity contribution in [3.05, 3.63) is 64.4 Å². The van der Waals surface area contributed by atoms with Crippen molar-refractivity contribution in [1.82, 2.24) is 10.1 Å². The highest BCUT2D eigenvalue weighted by Crippen LogP contribution is 2.35. The minimum absolute atomic E-state index is 0.0309. The van der Waals surface area contributed by atoms with Crippen molar-refractivity contribution in [2.45, 2.75) is 32.8 Å². The molecule has 0 unspecified atom stereocenters. The van der Waals surface area contributed by atoms with Gasteiger partial charge in [-0.15, -0.1) is 0 Å². The lowest BCUT2D eigenvalue weighted by Crippen LogP contribution is -2.37. The molecular weight excluding hydrogens is 446 g/mol. The van der Waals surface area contributed by atoms with Gasteiger partial charge in [-0.1, -0.05) is 52.4 Å². The van der Waals surface area contributed by atoms with E-state index in [0.29, 0.717) is 45.9 Å². The molecule has 3 heterocycles. The first-order chi connectivity index (χ1) is 15.5. The molecule has 0 aliphatic carbocycles. The second-order valence-electron chi connectivity index (χ2n) is 7.96. The summed E-state index contributed by atoms with van der Waals surface area (Å²) in [6.07, 6.45) is 1.87. The molecule has 1 amide bonds. The van der Waals surface area contributed by atoms with Gasteiger partial charge in [0.05, 0.1) is 27.9 Å². The molecule has 1 aliphatic rings. The highest BCUT2D eigenvalue weighted by Gasteiger charge is 2.32. The fourth-order valence-corrected chi connectivity index (χ4v) is 5.27. The van der Waals surface area contributed by atoms with Gasteiger partial charge in [0.15, 0.2) is 5.13 Å². The van der Waals surface area contributed by atoms with Crippen LogP contribution in [0.4, 0.5) is 5.13 Å². The molecule has 0 radical (unpaired) electrons. The number of rotatable bonds is 5. The maximum absolute atomic E-state index is 14.0. The summed E-state index contributed by atoms with van der Waals surface area (Å²) in [7, 11) is 0. The van der Waals surface area contributed by atoms with Crippen LogP contribution >= 0.6 is 22.9 Å². The molecule has 1 fully saturated rings. The van der Waals surface area contributed by atoms with Crippen LogP contribution in [0.5, 0.6) is 0 Å². The van der Waals surface area contributed by atoms with Gasteiger partial charge in [0, 0.05) is 12.2 Å². The van der Waals surface area contributed by atoms with E-state index in [9.17, 15) is 4.79 Å². The molecule has 1 saturated heterocycles. The van der Waals surface area contributed by atoms with Gasteiger partial charge in [-0.2, -0.15) is 0 Å². The number of aromatic nitrogens is 2. The summed E-state index contributed by atoms with van der Waals surface area (Å²) in [5.41, 5.74) is 3.51. The first-order valence-electron chi connectivity index (χ1n) is 10.5. The Kier molecular flexibility index (Phi) is 5.71. The lowest BCUT2D eigenvalue weighted by molar-refractivity contribution is 0.0916. The quantitative estimate of drug-likeness (QED) is 0.357. The molecular formula is C24H22ClN3O3S. The average molecular weight is 468 g/mol. The van der Waals surface area contributed by atoms with Crippen molar-refractivity contribution in [3.63, 3.8) is 0 Å². The third-order valence-electron chi connectivity index (χ3n) is 5.62. The van der Waals surface area contributed by atoms with Gasteiger partial charge >= 0.3 is 0 Å². The number of hydrogen-bond donors (Lipinski definition) is 0. The molecule has 0 bridgehead atoms. The maximum atomic E-state index is 14.0. The predicted octanol–water partition coefficient (Wildman–Crippen LogP) is 6.05. The second kappa shape index (κ2) is 8.65. The topological polar surface area (TPSA) is 68.5 Å². The van der Waals surface area contributed by atoms with E-state index in [-0.39, 0.29) is 12.0 Å². The van der Waals surface area contributed by atoms with E-state index in [1.807, 2.05) is 37.3 Å². The highest BCUT2D eigenvalue weighted by molar-refractivity contribution is 7.22. The number of nitrogens with zero attached hydrogens (tertiary/aromatic N) is 3. The molecule has 0 N–H and O–H groups in total. The van der Waals surface area contributed by atoms with Gasteiger partial charge in [0.25, 0.3) is 5.91 Å². The summed E-state index contributed by atoms with van der Waals surface area (Å²) in [5.74, 6) is 0.226. The molecule has 6 nitrogen and oxygen atoms in total. The Bertz CT molecular complexity index is 1290. The molecule has 4 aromatic rings. The molecule has 32 heavy (non-hydrogen) atoms. The van der Waals surface area contributed by atoms with Crippen molar-refractivity contribution >= 4 is 44.2 Å². The zero-order valence-corrected chi connectivity index (χ0v) is 19.4. The predicted molar refractivity (Wildman–Crippen MR) is 127 cm³/mol. The summed E-state index contributed by atoms with van der Waals surface area (Å²) < 4.78 is 12.3. The van der Waals surface area contributed by atoms with Crippen LogP contribution in [0.1, 0.15) is 34.5 Å². The van der Waals surface area contributed by atoms with Gasteiger partial charge in [0.1, 0.15) is 17.0 Å². The first-order valence-corrected chi connectivity index (χ1v) is 11.7. The second-order valence-corrected chi connectivity index (χ2v) is 9.38. The maximum Gasteiger partial charge on any atom is 0.266 e. The number of carbonyl (C=O) groups excluding carboxylic acids is 1. The third-order valence-corrected chi connectivity index (χ3v) is 7.00. The number of aryl methyl sites for hydroxylation is 2. The highest BCUT2D eigenvalue weighted by atomic mass is 35.5. The van der Waals surface area contributed by atoms with Crippen LogP contribution in [0.2, 0.25) is 5.02 Å². The number of carbonyl (C=O) groups is 1. The fraction of sp³-hybridized carbons (Fsp3) is 0.292. The number of ether oxygens (including phenoxy) is 1. The lowest BCUT2D eigenvalue weighted by Gasteiger charge is -2.23. The number of hydrogen-bond acceptors (Lipinski definition) is 6. The summed E-state index contributed by atoms with van der Waals surface area (Å²) in [5, 5.41) is 5.32. The van der Waals surface area contributed by atoms with Crippen molar-refractivity contribution in [2.75, 3.05) is 18.1 Å². The molecule has 0 saturated carbocycles. The molecule has 1 aliphatic heterocycles. The van der Waals surface area contributed by atoms with Crippen LogP contribution in [0, 0.1) is 13.8 Å². The van der Waals surface area contributed by atoms with Gasteiger partial charge < -0.3 is 9.26 Å². The van der Waals surface area contributed by atoms with E-state index in [4.69, 9.17) is 25.8 Å². The number of fused-ring (bicyclic) bond motifs is 1. The van der Waals surface area contributed by atoms with E-state index in [1.54, 1.807) is 17.9 Å². The van der Waals surface area contributed by atoms with E-state index in [1.165, 1.54) is 11.3 Å². The molecule has 8 heteroatoms. The molecule has 1 atom stereocenters. The Morgan fingerprint density at radius 2 is 2.09 bits per heavy atom. The van der Waals surface area contributed by atoms with Crippen molar-refractivity contribution in [2.24, 2.45) is 0 Å². The van der Waals surface area contributed by atoms with Crippen LogP contribution < -0.4 is 4.90 Å². The van der Waals surface area contributed by atoms with Crippen LogP contribution in [-0.4, -0.2) is 35.3 Å². The number of anilines is 1. The number of halogens is 1. The van der Waals surface area contributed by atoms with Crippen molar-refractivity contribution in [1.29, 1.82) is 0 Å². The average Bonchev–Trinajstić information content (AvgIpc) is 3.51. The smallest absolute Gasteiger partial charge is 0.266 e. The van der Waals surface area contributed by atoms with Gasteiger partial charge in [-0.3, -0.25) is 9.69 Å². The Morgan fingerprint density at radius 1 is 1.25 bits per heavy atom. The number of thiazole rings is 1. The van der Waals surface area contributed by atoms with Crippen molar-refractivity contribution in [3.8, 4) is 11.3 Å². The zero-order valence-electron chi connectivity index (χ0n) is 17.8. The molecule has 2 aromatic heterocycles. The Morgan fingerprint density at radius 3 is 2.88 bits per heavy atom. The normalized spacial score (nSPS) is 16.0. The Hall–Kier alpha value is -2.74. The van der Waals surface area contributed by atoms with Crippen molar-refractivity contribution < 1.29 is 14.1 Å². The summed E-state index contributed by atoms with van der Waals surface area (Å²) in [4.78, 5) is 20.4. The summed E-state index contributed by atoms with van der Waals surface area (Å²) >= 11 is 7.91. The molecule has 5 rings (SSSR count). The van der Waals surface area contributed by atoms with E-state index in [2.05, 4.69) is 11.2 Å². The Labute approximate surface area is 194 Å². The van der Waals surface area contributed by atoms with E-state index >= 15 is 0 Å². The standard InChI is InChI=1S/C24H22ClN3O3S/c1-14-9-10-19-20(12-14)32-24(26-19)28(13-16-6-5-11-30-16)23(29)21-15(2)31-27-22(21)17-7-3-4-8-18(17)25/h3-4,7-10,12,16H,5-6,11,13H2,1-2H3/t16-/m1/s1. The number of benzene rings is 2. The van der Waals surface area contributed by atoms with E-state index < -0.39 is 0 Å². The largest absolute Gasteiger partial charge is 0.376 e. The van der Waals surface area contributed by atoms with Gasteiger partial charge in [-0.25, -0.2) is 4.98 Å². The minimum Gasteiger partial charge on any atom is -0.376 e. The zero-order chi connectivity index (χ0) is 22.2. The third kappa shape index (κ3) is 3.92. The lowest BCUT2D eigenvalue weighted by atomic mass is 10.0. The first kappa shape index (κ1) is 21.1. The SMILES string of the molecule is Cc1ccc2nc(N(C[C@H]3CCCO3)C(=O)c3c(-c4ccccc4Cl)noc3C)sc2c1. The van der Waals surface area contributed by atoms with Gasteiger partial charge in [0.2, 0.25) is 0 Å². The monoisotopic (exact) mass is 467 g/mol. The summed E-state index contributed by atoms with van der Waals surface area (Å²) in [6.45, 7) is 4.92. The number of amides is 1. The van der Waals surface area contributed by atoms with Gasteiger partial charge in [-0.05, 0) is 50.5 Å². The molecule has 0 spiro atoms. The Balaban J connectivity index is 1.59. The molecule has 2 aromatic carbocycles. The minimum atomic E-state index is -0.218. The summed E-state index contributed by atoms with van der Waals surface area (Å²) in [6, 6.07) is 13.4. The van der Waals surface area contributed by atoms with Crippen LogP contribution in [0.3, 0.4) is 0 Å². The molecule has 164 valence electrons. The fourth-order valence-electron chi connectivity index (χ4n) is 3.97. The van der Waals surface area contributed by atoms with Crippen LogP contribution in [0.25, 0.3) is 21.5 Å². The van der Waals surface area contributed by atoms with E-state index in [0.717, 1.165) is 28.6 Å². The van der Waals surface area contributed by atoms with Crippen LogP contribution in [0.15, 0.2) is 47.0 Å².